The molecule has 2 spiro atoms. The van der Waals surface area contributed by atoms with Crippen LogP contribution in [0.15, 0.2) is 59.8 Å². The molecular weight excluding hydrogens is 611 g/mol. The Morgan fingerprint density at radius 2 is 1.87 bits per heavy atom. The van der Waals surface area contributed by atoms with Crippen molar-refractivity contribution in [2.45, 2.75) is 67.8 Å². The van der Waals surface area contributed by atoms with Crippen molar-refractivity contribution in [1.29, 1.82) is 0 Å². The molecule has 5 aliphatic rings. The van der Waals surface area contributed by atoms with Gasteiger partial charge in [-0.15, -0.1) is 0 Å². The average molecular weight is 652 g/mol. The van der Waals surface area contributed by atoms with Gasteiger partial charge < -0.3 is 35.3 Å². The first-order valence-electron chi connectivity index (χ1n) is 17.0. The van der Waals surface area contributed by atoms with E-state index in [4.69, 9.17) is 15.2 Å². The van der Waals surface area contributed by atoms with Crippen LogP contribution in [0.4, 0.5) is 17.1 Å². The molecule has 4 aromatic rings. The quantitative estimate of drug-likeness (QED) is 0.130. The molecule has 2 saturated heterocycles. The van der Waals surface area contributed by atoms with Crippen molar-refractivity contribution in [1.82, 2.24) is 19.6 Å². The van der Waals surface area contributed by atoms with E-state index in [2.05, 4.69) is 35.9 Å². The molecule has 2 aromatic carbocycles. The normalized spacial score (nSPS) is 21.2. The minimum absolute atomic E-state index is 0.0386. The molecule has 11 heteroatoms. The number of rotatable bonds is 7. The van der Waals surface area contributed by atoms with Crippen LogP contribution in [0.5, 0.6) is 17.2 Å². The first kappa shape index (κ1) is 29.1. The Morgan fingerprint density at radius 1 is 1.04 bits per heavy atom. The number of nitrogens with zero attached hydrogens (tertiary/aromatic N) is 3. The average Bonchev–Trinajstić information content (AvgIpc) is 3.41. The molecule has 1 amide bonds. The SMILES string of the molecule is Nc1cc(SNC(=O)c2ccc(N3CCC4(CC3)CC(N3CCCC3)C4)cc2Oc2cnc3[nH]ccc3c2)cc2c1NC1(CC1)CO2. The molecule has 5 heterocycles. The number of nitrogens with two attached hydrogens (primary N) is 1. The summed E-state index contributed by atoms with van der Waals surface area (Å²) in [4.78, 5) is 27.3. The third kappa shape index (κ3) is 5.53. The van der Waals surface area contributed by atoms with Gasteiger partial charge in [0.25, 0.3) is 5.91 Å². The number of hydrogen-bond donors (Lipinski definition) is 4. The van der Waals surface area contributed by atoms with Gasteiger partial charge in [-0.2, -0.15) is 0 Å². The number of carbonyl (C=O) groups excluding carboxylic acids is 1. The van der Waals surface area contributed by atoms with Crippen LogP contribution in [0.25, 0.3) is 11.0 Å². The van der Waals surface area contributed by atoms with Crippen molar-refractivity contribution in [3.8, 4) is 17.2 Å². The van der Waals surface area contributed by atoms with Crippen molar-refractivity contribution in [3.05, 3.63) is 60.4 Å². The highest BCUT2D eigenvalue weighted by atomic mass is 32.2. The van der Waals surface area contributed by atoms with Gasteiger partial charge in [-0.3, -0.25) is 9.52 Å². The maximum Gasteiger partial charge on any atom is 0.265 e. The van der Waals surface area contributed by atoms with Crippen molar-refractivity contribution in [2.24, 2.45) is 5.41 Å². The van der Waals surface area contributed by atoms with E-state index in [-0.39, 0.29) is 11.4 Å². The van der Waals surface area contributed by atoms with Gasteiger partial charge in [0.15, 0.2) is 0 Å². The molecule has 2 aliphatic carbocycles. The molecule has 0 unspecified atom stereocenters. The number of anilines is 3. The topological polar surface area (TPSA) is 121 Å². The van der Waals surface area contributed by atoms with E-state index >= 15 is 0 Å². The van der Waals surface area contributed by atoms with Crippen LogP contribution in [-0.4, -0.2) is 65.1 Å². The number of nitrogen functional groups attached to an aromatic ring is 1. The third-order valence-corrected chi connectivity index (χ3v) is 11.9. The monoisotopic (exact) mass is 651 g/mol. The highest BCUT2D eigenvalue weighted by Gasteiger charge is 2.48. The number of pyridine rings is 1. The molecule has 47 heavy (non-hydrogen) atoms. The van der Waals surface area contributed by atoms with Crippen molar-refractivity contribution in [2.75, 3.05) is 48.7 Å². The molecule has 2 saturated carbocycles. The van der Waals surface area contributed by atoms with E-state index in [0.29, 0.717) is 34.8 Å². The highest BCUT2D eigenvalue weighted by molar-refractivity contribution is 7.98. The smallest absolute Gasteiger partial charge is 0.265 e. The number of amides is 1. The molecule has 0 radical (unpaired) electrons. The molecule has 0 atom stereocenters. The Morgan fingerprint density at radius 3 is 2.68 bits per heavy atom. The lowest BCUT2D eigenvalue weighted by atomic mass is 9.60. The minimum atomic E-state index is -0.250. The Bertz CT molecular complexity index is 1830. The van der Waals surface area contributed by atoms with Gasteiger partial charge in [-0.1, -0.05) is 0 Å². The first-order valence-corrected chi connectivity index (χ1v) is 17.8. The second-order valence-corrected chi connectivity index (χ2v) is 15.2. The number of hydrogen-bond acceptors (Lipinski definition) is 9. The molecule has 10 nitrogen and oxygen atoms in total. The van der Waals surface area contributed by atoms with E-state index in [1.807, 2.05) is 42.6 Å². The predicted octanol–water partition coefficient (Wildman–Crippen LogP) is 6.56. The van der Waals surface area contributed by atoms with Gasteiger partial charge in [-0.05, 0) is 118 Å². The molecular formula is C36H41N7O3S. The van der Waals surface area contributed by atoms with Gasteiger partial charge in [0, 0.05) is 47.4 Å². The van der Waals surface area contributed by atoms with E-state index in [1.54, 1.807) is 6.20 Å². The Labute approximate surface area is 278 Å². The van der Waals surface area contributed by atoms with E-state index < -0.39 is 0 Å². The van der Waals surface area contributed by atoms with Crippen LogP contribution < -0.4 is 30.1 Å². The number of H-pyrrole nitrogens is 1. The second-order valence-electron chi connectivity index (χ2n) is 14.3. The zero-order valence-electron chi connectivity index (χ0n) is 26.5. The fourth-order valence-corrected chi connectivity index (χ4v) is 8.72. The Balaban J connectivity index is 0.922. The molecule has 0 bridgehead atoms. The largest absolute Gasteiger partial charge is 0.489 e. The molecule has 3 aliphatic heterocycles. The summed E-state index contributed by atoms with van der Waals surface area (Å²) in [5.41, 5.74) is 10.7. The number of carbonyl (C=O) groups is 1. The zero-order chi connectivity index (χ0) is 31.6. The standard InChI is InChI=1S/C36H41N7O3S/c37-29-17-27(18-31-32(29)40-36(6-7-36)22-45-31)47-41-34(44)28-4-3-24(16-30(28)46-26-15-23-5-10-38-33(23)39-21-26)43-13-8-35(9-14-43)19-25(20-35)42-11-1-2-12-42/h3-5,10,15-18,21,25,40H,1-2,6-9,11-14,19-20,22,37H2,(H,38,39)(H,41,44). The zero-order valence-corrected chi connectivity index (χ0v) is 27.3. The molecule has 2 aromatic heterocycles. The number of nitrogens with one attached hydrogen (secondary N) is 3. The number of aromatic nitrogens is 2. The summed E-state index contributed by atoms with van der Waals surface area (Å²) in [7, 11) is 0. The number of ether oxygens (including phenoxy) is 2. The Kier molecular flexibility index (Phi) is 6.97. The maximum absolute atomic E-state index is 13.7. The molecule has 4 fully saturated rings. The summed E-state index contributed by atoms with van der Waals surface area (Å²) in [6.45, 7) is 5.24. The summed E-state index contributed by atoms with van der Waals surface area (Å²) in [5, 5.41) is 4.50. The van der Waals surface area contributed by atoms with Gasteiger partial charge in [0.2, 0.25) is 0 Å². The number of benzene rings is 2. The number of likely N-dealkylation sites (tertiary alicyclic amines) is 1. The van der Waals surface area contributed by atoms with Gasteiger partial charge in [-0.25, -0.2) is 4.98 Å². The lowest BCUT2D eigenvalue weighted by Gasteiger charge is -2.55. The van der Waals surface area contributed by atoms with Gasteiger partial charge in [0.05, 0.1) is 23.0 Å². The number of piperidine rings is 1. The lowest BCUT2D eigenvalue weighted by Crippen LogP contribution is -2.54. The van der Waals surface area contributed by atoms with Crippen molar-refractivity contribution < 1.29 is 14.3 Å². The summed E-state index contributed by atoms with van der Waals surface area (Å²) in [6.07, 6.45) is 13.6. The summed E-state index contributed by atoms with van der Waals surface area (Å²) in [6, 6.07) is 14.4. The summed E-state index contributed by atoms with van der Waals surface area (Å²) < 4.78 is 15.5. The van der Waals surface area contributed by atoms with Crippen LogP contribution in [0.2, 0.25) is 0 Å². The summed E-state index contributed by atoms with van der Waals surface area (Å²) >= 11 is 1.22. The van der Waals surface area contributed by atoms with Crippen LogP contribution in [0, 0.1) is 5.41 Å². The fraction of sp³-hybridized carbons (Fsp3) is 0.444. The summed E-state index contributed by atoms with van der Waals surface area (Å²) in [5.74, 6) is 1.55. The number of aromatic amines is 1. The van der Waals surface area contributed by atoms with Gasteiger partial charge >= 0.3 is 0 Å². The van der Waals surface area contributed by atoms with E-state index in [0.717, 1.165) is 65.0 Å². The minimum Gasteiger partial charge on any atom is -0.489 e. The molecule has 244 valence electrons. The van der Waals surface area contributed by atoms with E-state index in [9.17, 15) is 4.79 Å². The van der Waals surface area contributed by atoms with Crippen molar-refractivity contribution >= 4 is 46.0 Å². The molecule has 5 N–H and O–H groups in total. The van der Waals surface area contributed by atoms with Crippen molar-refractivity contribution in [3.63, 3.8) is 0 Å². The predicted molar refractivity (Wildman–Crippen MR) is 186 cm³/mol. The highest BCUT2D eigenvalue weighted by Crippen LogP contribution is 2.52. The van der Waals surface area contributed by atoms with Gasteiger partial charge in [0.1, 0.15) is 35.2 Å². The second kappa shape index (κ2) is 11.3. The lowest BCUT2D eigenvalue weighted by molar-refractivity contribution is -0.00645. The van der Waals surface area contributed by atoms with Crippen LogP contribution >= 0.6 is 11.9 Å². The maximum atomic E-state index is 13.7. The Hall–Kier alpha value is -4.09. The third-order valence-electron chi connectivity index (χ3n) is 11.1. The van der Waals surface area contributed by atoms with Crippen LogP contribution in [0.1, 0.15) is 61.7 Å². The van der Waals surface area contributed by atoms with Crippen LogP contribution in [-0.2, 0) is 0 Å². The molecule has 9 rings (SSSR count). The number of fused-ring (bicyclic) bond motifs is 2. The van der Waals surface area contributed by atoms with Crippen LogP contribution in [0.3, 0.4) is 0 Å². The van der Waals surface area contributed by atoms with E-state index in [1.165, 1.54) is 63.6 Å². The fourth-order valence-electron chi connectivity index (χ4n) is 8.05. The first-order chi connectivity index (χ1) is 22.9.